The molecular formula is C22H27ClN2O2. The number of amides is 1. The molecule has 1 fully saturated rings. The van der Waals surface area contributed by atoms with Crippen LogP contribution in [0.25, 0.3) is 0 Å². The molecule has 1 atom stereocenters. The Hall–Kier alpha value is -2.04. The van der Waals surface area contributed by atoms with E-state index in [4.69, 9.17) is 16.3 Å². The number of rotatable bonds is 8. The normalized spacial score (nSPS) is 15.5. The van der Waals surface area contributed by atoms with E-state index in [2.05, 4.69) is 34.5 Å². The van der Waals surface area contributed by atoms with Gasteiger partial charge in [0.1, 0.15) is 5.75 Å². The lowest BCUT2D eigenvalue weighted by molar-refractivity contribution is -0.128. The third kappa shape index (κ3) is 5.98. The fourth-order valence-electron chi connectivity index (χ4n) is 3.29. The average molecular weight is 387 g/mol. The average Bonchev–Trinajstić information content (AvgIpc) is 3.18. The minimum Gasteiger partial charge on any atom is -0.481 e. The van der Waals surface area contributed by atoms with Gasteiger partial charge >= 0.3 is 0 Å². The molecule has 1 amide bonds. The van der Waals surface area contributed by atoms with Crippen LogP contribution < -0.4 is 10.1 Å². The molecule has 27 heavy (non-hydrogen) atoms. The molecule has 1 aliphatic heterocycles. The fourth-order valence-corrected chi connectivity index (χ4v) is 3.47. The van der Waals surface area contributed by atoms with Crippen molar-refractivity contribution in [3.05, 3.63) is 64.7 Å². The summed E-state index contributed by atoms with van der Waals surface area (Å²) in [4.78, 5) is 14.9. The molecule has 0 aliphatic carbocycles. The largest absolute Gasteiger partial charge is 0.481 e. The van der Waals surface area contributed by atoms with Crippen molar-refractivity contribution in [3.63, 3.8) is 0 Å². The SMILES string of the molecule is CC[C@H](Oc1cccc(Cl)c1)C(=O)NCc1ccc(CN2CCCC2)cc1. The molecule has 0 radical (unpaired) electrons. The van der Waals surface area contributed by atoms with Gasteiger partial charge in [-0.25, -0.2) is 0 Å². The summed E-state index contributed by atoms with van der Waals surface area (Å²) in [7, 11) is 0. The van der Waals surface area contributed by atoms with Gasteiger partial charge in [-0.15, -0.1) is 0 Å². The lowest BCUT2D eigenvalue weighted by Crippen LogP contribution is -2.37. The van der Waals surface area contributed by atoms with E-state index in [1.165, 1.54) is 31.5 Å². The topological polar surface area (TPSA) is 41.6 Å². The molecule has 2 aromatic carbocycles. The molecule has 1 aliphatic rings. The van der Waals surface area contributed by atoms with Crippen LogP contribution in [0.1, 0.15) is 37.3 Å². The zero-order chi connectivity index (χ0) is 19.1. The Morgan fingerprint density at radius 1 is 1.15 bits per heavy atom. The zero-order valence-electron chi connectivity index (χ0n) is 15.8. The highest BCUT2D eigenvalue weighted by Gasteiger charge is 2.18. The molecule has 1 N–H and O–H groups in total. The Bertz CT molecular complexity index is 742. The highest BCUT2D eigenvalue weighted by Crippen LogP contribution is 2.19. The second-order valence-electron chi connectivity index (χ2n) is 6.99. The van der Waals surface area contributed by atoms with Crippen molar-refractivity contribution in [2.75, 3.05) is 13.1 Å². The number of benzene rings is 2. The predicted molar refractivity (Wildman–Crippen MR) is 109 cm³/mol. The molecule has 1 saturated heterocycles. The van der Waals surface area contributed by atoms with Crippen molar-refractivity contribution in [3.8, 4) is 5.75 Å². The molecule has 0 bridgehead atoms. The van der Waals surface area contributed by atoms with Crippen LogP contribution in [0.5, 0.6) is 5.75 Å². The van der Waals surface area contributed by atoms with Gasteiger partial charge in [0.25, 0.3) is 5.91 Å². The summed E-state index contributed by atoms with van der Waals surface area (Å²) in [5.41, 5.74) is 2.41. The number of carbonyl (C=O) groups excluding carboxylic acids is 1. The third-order valence-corrected chi connectivity index (χ3v) is 5.07. The van der Waals surface area contributed by atoms with Crippen LogP contribution in [0.15, 0.2) is 48.5 Å². The van der Waals surface area contributed by atoms with Crippen LogP contribution in [0.3, 0.4) is 0 Å². The first-order valence-corrected chi connectivity index (χ1v) is 10.0. The Morgan fingerprint density at radius 2 is 1.85 bits per heavy atom. The van der Waals surface area contributed by atoms with Gasteiger partial charge in [0.05, 0.1) is 0 Å². The molecule has 2 aromatic rings. The number of carbonyl (C=O) groups is 1. The molecule has 1 heterocycles. The molecule has 0 spiro atoms. The first-order chi connectivity index (χ1) is 13.1. The molecule has 0 saturated carbocycles. The van der Waals surface area contributed by atoms with Crippen LogP contribution in [-0.4, -0.2) is 30.0 Å². The summed E-state index contributed by atoms with van der Waals surface area (Å²) in [6.07, 6.45) is 2.67. The lowest BCUT2D eigenvalue weighted by atomic mass is 10.1. The Morgan fingerprint density at radius 3 is 2.52 bits per heavy atom. The van der Waals surface area contributed by atoms with Crippen LogP contribution in [0, 0.1) is 0 Å². The molecule has 0 aromatic heterocycles. The Labute approximate surface area is 166 Å². The van der Waals surface area contributed by atoms with Crippen molar-refractivity contribution in [1.82, 2.24) is 10.2 Å². The van der Waals surface area contributed by atoms with Gasteiger partial charge in [-0.2, -0.15) is 0 Å². The van der Waals surface area contributed by atoms with Gasteiger partial charge in [-0.1, -0.05) is 48.9 Å². The minimum absolute atomic E-state index is 0.112. The van der Waals surface area contributed by atoms with E-state index in [-0.39, 0.29) is 5.91 Å². The van der Waals surface area contributed by atoms with Crippen LogP contribution in [0.2, 0.25) is 5.02 Å². The number of nitrogens with zero attached hydrogens (tertiary/aromatic N) is 1. The van der Waals surface area contributed by atoms with Gasteiger partial charge in [0.15, 0.2) is 6.10 Å². The fraction of sp³-hybridized carbons (Fsp3) is 0.409. The van der Waals surface area contributed by atoms with E-state index in [0.29, 0.717) is 23.7 Å². The van der Waals surface area contributed by atoms with E-state index >= 15 is 0 Å². The van der Waals surface area contributed by atoms with Crippen molar-refractivity contribution in [1.29, 1.82) is 0 Å². The van der Waals surface area contributed by atoms with Crippen molar-refractivity contribution in [2.24, 2.45) is 0 Å². The number of hydrogen-bond acceptors (Lipinski definition) is 3. The maximum absolute atomic E-state index is 12.5. The first kappa shape index (κ1) is 19.7. The van der Waals surface area contributed by atoms with Gasteiger partial charge < -0.3 is 10.1 Å². The highest BCUT2D eigenvalue weighted by atomic mass is 35.5. The number of hydrogen-bond donors (Lipinski definition) is 1. The number of ether oxygens (including phenoxy) is 1. The van der Waals surface area contributed by atoms with Crippen LogP contribution in [0.4, 0.5) is 0 Å². The quantitative estimate of drug-likeness (QED) is 0.730. The van der Waals surface area contributed by atoms with Crippen molar-refractivity contribution < 1.29 is 9.53 Å². The molecule has 144 valence electrons. The maximum Gasteiger partial charge on any atom is 0.261 e. The molecule has 5 heteroatoms. The van der Waals surface area contributed by atoms with E-state index < -0.39 is 6.10 Å². The molecule has 3 rings (SSSR count). The first-order valence-electron chi connectivity index (χ1n) is 9.64. The van der Waals surface area contributed by atoms with Crippen molar-refractivity contribution in [2.45, 2.75) is 45.4 Å². The zero-order valence-corrected chi connectivity index (χ0v) is 16.5. The van der Waals surface area contributed by atoms with Crippen LogP contribution >= 0.6 is 11.6 Å². The Balaban J connectivity index is 1.49. The van der Waals surface area contributed by atoms with E-state index in [0.717, 1.165) is 12.1 Å². The predicted octanol–water partition coefficient (Wildman–Crippen LogP) is 4.41. The summed E-state index contributed by atoms with van der Waals surface area (Å²) in [6.45, 7) is 5.84. The number of likely N-dealkylation sites (tertiary alicyclic amines) is 1. The summed E-state index contributed by atoms with van der Waals surface area (Å²) < 4.78 is 5.79. The van der Waals surface area contributed by atoms with Gasteiger partial charge in [-0.3, -0.25) is 9.69 Å². The van der Waals surface area contributed by atoms with Crippen molar-refractivity contribution >= 4 is 17.5 Å². The van der Waals surface area contributed by atoms with E-state index in [1.807, 2.05) is 13.0 Å². The van der Waals surface area contributed by atoms with Gasteiger partial charge in [0, 0.05) is 18.1 Å². The highest BCUT2D eigenvalue weighted by molar-refractivity contribution is 6.30. The second kappa shape index (κ2) is 9.77. The maximum atomic E-state index is 12.5. The Kier molecular flexibility index (Phi) is 7.13. The lowest BCUT2D eigenvalue weighted by Gasteiger charge is -2.18. The molecule has 4 nitrogen and oxygen atoms in total. The summed E-state index contributed by atoms with van der Waals surface area (Å²) in [5.74, 6) is 0.495. The van der Waals surface area contributed by atoms with Gasteiger partial charge in [0.2, 0.25) is 0 Å². The third-order valence-electron chi connectivity index (χ3n) is 4.83. The van der Waals surface area contributed by atoms with E-state index in [9.17, 15) is 4.79 Å². The molecule has 0 unspecified atom stereocenters. The summed E-state index contributed by atoms with van der Waals surface area (Å²) >= 11 is 5.97. The number of halogens is 1. The van der Waals surface area contributed by atoms with E-state index in [1.54, 1.807) is 18.2 Å². The smallest absolute Gasteiger partial charge is 0.261 e. The summed E-state index contributed by atoms with van der Waals surface area (Å²) in [6, 6.07) is 15.6. The second-order valence-corrected chi connectivity index (χ2v) is 7.43. The summed E-state index contributed by atoms with van der Waals surface area (Å²) in [5, 5.41) is 3.56. The van der Waals surface area contributed by atoms with Crippen LogP contribution in [-0.2, 0) is 17.9 Å². The standard InChI is InChI=1S/C22H27ClN2O2/c1-2-21(27-20-7-5-6-19(23)14-20)22(26)24-15-17-8-10-18(11-9-17)16-25-12-3-4-13-25/h5-11,14,21H,2-4,12-13,15-16H2,1H3,(H,24,26)/t21-/m0/s1. The van der Waals surface area contributed by atoms with Gasteiger partial charge in [-0.05, 0) is 61.7 Å². The molecular weight excluding hydrogens is 360 g/mol. The monoisotopic (exact) mass is 386 g/mol. The minimum atomic E-state index is -0.530. The number of nitrogens with one attached hydrogen (secondary N) is 1.